The zero-order valence-corrected chi connectivity index (χ0v) is 6.36. The van der Waals surface area contributed by atoms with Crippen molar-refractivity contribution in [1.82, 2.24) is 0 Å². The van der Waals surface area contributed by atoms with Gasteiger partial charge in [0.2, 0.25) is 0 Å². The molecular weight excluding hydrogens is 138 g/mol. The van der Waals surface area contributed by atoms with Crippen molar-refractivity contribution in [2.45, 2.75) is 6.92 Å². The van der Waals surface area contributed by atoms with Gasteiger partial charge in [0, 0.05) is 11.5 Å². The molecule has 0 fully saturated rings. The molecule has 0 saturated carbocycles. The van der Waals surface area contributed by atoms with Crippen molar-refractivity contribution in [3.8, 4) is 0 Å². The maximum Gasteiger partial charge on any atom is 0.0448 e. The molecule has 0 aromatic rings. The van der Waals surface area contributed by atoms with Gasteiger partial charge in [-0.1, -0.05) is 35.0 Å². The Morgan fingerprint density at radius 2 is 2.45 bits per heavy atom. The number of azide groups is 1. The molecule has 0 radical (unpaired) electrons. The van der Waals surface area contributed by atoms with Crippen molar-refractivity contribution in [1.29, 1.82) is 0 Å². The van der Waals surface area contributed by atoms with E-state index in [0.29, 0.717) is 6.54 Å². The average Bonchev–Trinajstić information content (AvgIpc) is 2.37. The number of hydrogen-bond acceptors (Lipinski definition) is 1. The second-order valence-electron chi connectivity index (χ2n) is 2.34. The minimum absolute atomic E-state index is 0.431. The van der Waals surface area contributed by atoms with Gasteiger partial charge in [0.15, 0.2) is 0 Å². The van der Waals surface area contributed by atoms with Crippen LogP contribution >= 0.6 is 0 Å². The summed E-state index contributed by atoms with van der Waals surface area (Å²) in [6, 6.07) is 0. The Balaban J connectivity index is 2.56. The van der Waals surface area contributed by atoms with Crippen molar-refractivity contribution < 1.29 is 0 Å². The third kappa shape index (κ3) is 2.32. The standard InChI is InChI=1S/C8H9N3/c1-7-2-3-8(6-7)4-5-10-11-9/h2-4,6H,5H2,1H3/b8-4+. The fourth-order valence-electron chi connectivity index (χ4n) is 0.897. The Kier molecular flexibility index (Phi) is 2.53. The highest BCUT2D eigenvalue weighted by Gasteiger charge is 1.94. The minimum Gasteiger partial charge on any atom is -0.0899 e. The molecule has 56 valence electrons. The molecule has 1 aliphatic carbocycles. The van der Waals surface area contributed by atoms with Crippen molar-refractivity contribution in [2.24, 2.45) is 5.11 Å². The van der Waals surface area contributed by atoms with Crippen molar-refractivity contribution in [3.05, 3.63) is 45.9 Å². The smallest absolute Gasteiger partial charge is 0.0448 e. The van der Waals surface area contributed by atoms with Crippen LogP contribution in [-0.4, -0.2) is 6.54 Å². The van der Waals surface area contributed by atoms with Crippen molar-refractivity contribution >= 4 is 0 Å². The first kappa shape index (κ1) is 7.63. The predicted octanol–water partition coefficient (Wildman–Crippen LogP) is 2.74. The van der Waals surface area contributed by atoms with Gasteiger partial charge in [0.25, 0.3) is 0 Å². The van der Waals surface area contributed by atoms with Gasteiger partial charge in [-0.3, -0.25) is 0 Å². The van der Waals surface area contributed by atoms with Gasteiger partial charge >= 0.3 is 0 Å². The number of rotatable bonds is 2. The van der Waals surface area contributed by atoms with E-state index in [2.05, 4.69) is 10.0 Å². The van der Waals surface area contributed by atoms with Crippen LogP contribution in [0.2, 0.25) is 0 Å². The van der Waals surface area contributed by atoms with Crippen LogP contribution in [0.4, 0.5) is 0 Å². The van der Waals surface area contributed by atoms with Gasteiger partial charge < -0.3 is 0 Å². The molecule has 11 heavy (non-hydrogen) atoms. The SMILES string of the molecule is CC1=C/C(=C/CN=[N+]=[N-])C=C1. The molecule has 1 rings (SSSR count). The molecule has 0 saturated heterocycles. The van der Waals surface area contributed by atoms with E-state index in [4.69, 9.17) is 5.53 Å². The second-order valence-corrected chi connectivity index (χ2v) is 2.34. The third-order valence-electron chi connectivity index (χ3n) is 1.40. The van der Waals surface area contributed by atoms with Crippen molar-refractivity contribution in [2.75, 3.05) is 6.54 Å². The van der Waals surface area contributed by atoms with Crippen LogP contribution in [-0.2, 0) is 0 Å². The first-order chi connectivity index (χ1) is 5.33. The number of hydrogen-bond donors (Lipinski definition) is 0. The highest BCUT2D eigenvalue weighted by atomic mass is 15.1. The molecular formula is C8H9N3. The molecule has 3 nitrogen and oxygen atoms in total. The molecule has 0 aliphatic heterocycles. The summed E-state index contributed by atoms with van der Waals surface area (Å²) in [5.74, 6) is 0. The topological polar surface area (TPSA) is 48.8 Å². The highest BCUT2D eigenvalue weighted by molar-refractivity contribution is 5.44. The molecule has 0 spiro atoms. The van der Waals surface area contributed by atoms with E-state index in [1.54, 1.807) is 0 Å². The van der Waals surface area contributed by atoms with E-state index in [0.717, 1.165) is 5.57 Å². The zero-order valence-electron chi connectivity index (χ0n) is 6.36. The largest absolute Gasteiger partial charge is 0.0899 e. The first-order valence-corrected chi connectivity index (χ1v) is 3.40. The summed E-state index contributed by atoms with van der Waals surface area (Å²) >= 11 is 0. The first-order valence-electron chi connectivity index (χ1n) is 3.40. The maximum atomic E-state index is 7.99. The molecule has 0 N–H and O–H groups in total. The van der Waals surface area contributed by atoms with Gasteiger partial charge in [-0.15, -0.1) is 0 Å². The minimum atomic E-state index is 0.431. The Hall–Kier alpha value is -1.47. The predicted molar refractivity (Wildman–Crippen MR) is 45.0 cm³/mol. The van der Waals surface area contributed by atoms with Crippen LogP contribution in [0.3, 0.4) is 0 Å². The van der Waals surface area contributed by atoms with E-state index in [1.807, 2.05) is 31.2 Å². The molecule has 0 bridgehead atoms. The van der Waals surface area contributed by atoms with Gasteiger partial charge in [-0.25, -0.2) is 0 Å². The van der Waals surface area contributed by atoms with Gasteiger partial charge in [-0.2, -0.15) is 0 Å². The second kappa shape index (κ2) is 3.64. The van der Waals surface area contributed by atoms with Crippen LogP contribution in [0, 0.1) is 0 Å². The summed E-state index contributed by atoms with van der Waals surface area (Å²) in [7, 11) is 0. The van der Waals surface area contributed by atoms with Crippen LogP contribution in [0.1, 0.15) is 6.92 Å². The van der Waals surface area contributed by atoms with E-state index >= 15 is 0 Å². The lowest BCUT2D eigenvalue weighted by Gasteiger charge is -1.84. The highest BCUT2D eigenvalue weighted by Crippen LogP contribution is 2.13. The summed E-state index contributed by atoms with van der Waals surface area (Å²) in [4.78, 5) is 2.65. The monoisotopic (exact) mass is 147 g/mol. The van der Waals surface area contributed by atoms with Crippen LogP contribution in [0.15, 0.2) is 40.6 Å². The summed E-state index contributed by atoms with van der Waals surface area (Å²) in [5, 5.41) is 3.40. The lowest BCUT2D eigenvalue weighted by atomic mass is 10.2. The van der Waals surface area contributed by atoms with E-state index in [9.17, 15) is 0 Å². The zero-order chi connectivity index (χ0) is 8.10. The van der Waals surface area contributed by atoms with Gasteiger partial charge in [0.05, 0.1) is 0 Å². The Morgan fingerprint density at radius 3 is 3.00 bits per heavy atom. The fraction of sp³-hybridized carbons (Fsp3) is 0.250. The summed E-state index contributed by atoms with van der Waals surface area (Å²) < 4.78 is 0. The van der Waals surface area contributed by atoms with E-state index in [1.165, 1.54) is 5.57 Å². The molecule has 0 unspecified atom stereocenters. The lowest BCUT2D eigenvalue weighted by molar-refractivity contribution is 1.20. The maximum absolute atomic E-state index is 7.99. The fourth-order valence-corrected chi connectivity index (χ4v) is 0.897. The third-order valence-corrected chi connectivity index (χ3v) is 1.40. The summed E-state index contributed by atoms with van der Waals surface area (Å²) in [6.07, 6.45) is 7.98. The number of nitrogens with zero attached hydrogens (tertiary/aromatic N) is 3. The number of allylic oxidation sites excluding steroid dienone is 5. The Labute approximate surface area is 65.4 Å². The molecule has 1 aliphatic rings. The van der Waals surface area contributed by atoms with Gasteiger partial charge in [-0.05, 0) is 18.0 Å². The lowest BCUT2D eigenvalue weighted by Crippen LogP contribution is -1.71. The molecule has 0 amide bonds. The Morgan fingerprint density at radius 1 is 1.64 bits per heavy atom. The molecule has 0 atom stereocenters. The molecule has 3 heteroatoms. The van der Waals surface area contributed by atoms with Crippen molar-refractivity contribution in [3.63, 3.8) is 0 Å². The van der Waals surface area contributed by atoms with Gasteiger partial charge in [0.1, 0.15) is 0 Å². The van der Waals surface area contributed by atoms with E-state index < -0.39 is 0 Å². The van der Waals surface area contributed by atoms with E-state index in [-0.39, 0.29) is 0 Å². The van der Waals surface area contributed by atoms with Crippen LogP contribution in [0.5, 0.6) is 0 Å². The normalized spacial score (nSPS) is 18.3. The molecule has 0 aromatic carbocycles. The quantitative estimate of drug-likeness (QED) is 0.327. The average molecular weight is 147 g/mol. The van der Waals surface area contributed by atoms with Crippen LogP contribution in [0.25, 0.3) is 10.4 Å². The summed E-state index contributed by atoms with van der Waals surface area (Å²) in [6.45, 7) is 2.46. The summed E-state index contributed by atoms with van der Waals surface area (Å²) in [5.41, 5.74) is 10.3. The molecule has 0 aromatic heterocycles. The molecule has 0 heterocycles. The van der Waals surface area contributed by atoms with Crippen LogP contribution < -0.4 is 0 Å². The Bertz CT molecular complexity index is 278.